The number of ether oxygens (including phenoxy) is 1. The fourth-order valence-corrected chi connectivity index (χ4v) is 3.18. The topological polar surface area (TPSA) is 46.5 Å². The van der Waals surface area contributed by atoms with Gasteiger partial charge in [0.2, 0.25) is 0 Å². The van der Waals surface area contributed by atoms with Crippen LogP contribution in [0.4, 0.5) is 0 Å². The van der Waals surface area contributed by atoms with Crippen LogP contribution in [0.5, 0.6) is 0 Å². The van der Waals surface area contributed by atoms with E-state index in [1.54, 1.807) is 0 Å². The van der Waals surface area contributed by atoms with Crippen LogP contribution in [0.15, 0.2) is 0 Å². The number of esters is 1. The highest BCUT2D eigenvalue weighted by molar-refractivity contribution is 5.66. The highest BCUT2D eigenvalue weighted by Gasteiger charge is 2.52. The van der Waals surface area contributed by atoms with E-state index in [9.17, 15) is 9.90 Å². The van der Waals surface area contributed by atoms with Crippen LogP contribution in [0.3, 0.4) is 0 Å². The Morgan fingerprint density at radius 3 is 1.59 bits per heavy atom. The molecule has 2 unspecified atom stereocenters. The standard InChI is InChI=1S/C19H38O3/c1-13(20)22-15(17(5,6)7)19(10,11)18(8,9)14(21)12-16(2,3)4/h14-15,21H,12H2,1-11H3. The number of hydrogen-bond acceptors (Lipinski definition) is 3. The first-order chi connectivity index (χ1) is 9.43. The third kappa shape index (κ3) is 5.26. The van der Waals surface area contributed by atoms with Crippen LogP contribution < -0.4 is 0 Å². The largest absolute Gasteiger partial charge is 0.461 e. The van der Waals surface area contributed by atoms with Crippen LogP contribution >= 0.6 is 0 Å². The summed E-state index contributed by atoms with van der Waals surface area (Å²) in [6.07, 6.45) is -0.0367. The maximum atomic E-state index is 11.6. The van der Waals surface area contributed by atoms with Gasteiger partial charge in [0.25, 0.3) is 0 Å². The van der Waals surface area contributed by atoms with Gasteiger partial charge >= 0.3 is 5.97 Å². The van der Waals surface area contributed by atoms with E-state index in [0.29, 0.717) is 6.42 Å². The monoisotopic (exact) mass is 314 g/mol. The van der Waals surface area contributed by atoms with Crippen molar-refractivity contribution in [3.63, 3.8) is 0 Å². The van der Waals surface area contributed by atoms with Crippen molar-refractivity contribution >= 4 is 5.97 Å². The number of aliphatic hydroxyl groups excluding tert-OH is 1. The Hall–Kier alpha value is -0.570. The Morgan fingerprint density at radius 2 is 1.32 bits per heavy atom. The van der Waals surface area contributed by atoms with Crippen LogP contribution in [-0.4, -0.2) is 23.3 Å². The van der Waals surface area contributed by atoms with E-state index in [4.69, 9.17) is 4.74 Å². The number of carbonyl (C=O) groups is 1. The minimum absolute atomic E-state index is 0.0471. The molecule has 0 bridgehead atoms. The molecule has 0 aromatic carbocycles. The third-order valence-electron chi connectivity index (χ3n) is 5.03. The van der Waals surface area contributed by atoms with Crippen LogP contribution in [0.1, 0.15) is 82.6 Å². The van der Waals surface area contributed by atoms with Gasteiger partial charge in [0, 0.05) is 12.3 Å². The summed E-state index contributed by atoms with van der Waals surface area (Å²) in [5.74, 6) is -0.269. The summed E-state index contributed by atoms with van der Waals surface area (Å²) in [5, 5.41) is 10.9. The lowest BCUT2D eigenvalue weighted by molar-refractivity contribution is -0.183. The van der Waals surface area contributed by atoms with Crippen molar-refractivity contribution in [1.82, 2.24) is 0 Å². The first-order valence-corrected chi connectivity index (χ1v) is 8.28. The maximum Gasteiger partial charge on any atom is 0.302 e. The minimum Gasteiger partial charge on any atom is -0.461 e. The molecule has 0 saturated carbocycles. The summed E-state index contributed by atoms with van der Waals surface area (Å²) in [6.45, 7) is 22.4. The molecule has 0 rings (SSSR count). The fourth-order valence-electron chi connectivity index (χ4n) is 3.18. The van der Waals surface area contributed by atoms with Crippen molar-refractivity contribution in [2.24, 2.45) is 21.7 Å². The molecule has 0 amide bonds. The van der Waals surface area contributed by atoms with Gasteiger partial charge in [-0.15, -0.1) is 0 Å². The molecule has 3 nitrogen and oxygen atoms in total. The average Bonchev–Trinajstić information content (AvgIpc) is 2.21. The molecular weight excluding hydrogens is 276 g/mol. The second-order valence-electron chi connectivity index (χ2n) is 10.1. The molecule has 22 heavy (non-hydrogen) atoms. The van der Waals surface area contributed by atoms with E-state index in [1.165, 1.54) is 6.92 Å². The number of rotatable bonds is 5. The molecule has 0 aromatic heterocycles. The van der Waals surface area contributed by atoms with Gasteiger partial charge in [-0.3, -0.25) is 4.79 Å². The predicted octanol–water partition coefficient (Wildman–Crippen LogP) is 4.81. The van der Waals surface area contributed by atoms with Gasteiger partial charge in [0.05, 0.1) is 6.10 Å². The van der Waals surface area contributed by atoms with Gasteiger partial charge in [-0.05, 0) is 22.7 Å². The number of aliphatic hydroxyl groups is 1. The second kappa shape index (κ2) is 6.51. The summed E-state index contributed by atoms with van der Waals surface area (Å²) in [6, 6.07) is 0. The van der Waals surface area contributed by atoms with Crippen LogP contribution in [0, 0.1) is 21.7 Å². The summed E-state index contributed by atoms with van der Waals surface area (Å²) in [4.78, 5) is 11.6. The average molecular weight is 315 g/mol. The van der Waals surface area contributed by atoms with Crippen molar-refractivity contribution in [3.8, 4) is 0 Å². The predicted molar refractivity (Wildman–Crippen MR) is 92.6 cm³/mol. The molecule has 0 spiro atoms. The molecule has 2 atom stereocenters. The van der Waals surface area contributed by atoms with Crippen molar-refractivity contribution in [3.05, 3.63) is 0 Å². The SMILES string of the molecule is CC(=O)OC(C(C)(C)C)C(C)(C)C(C)(C)C(O)CC(C)(C)C. The van der Waals surface area contributed by atoms with E-state index in [1.807, 2.05) is 0 Å². The van der Waals surface area contributed by atoms with Crippen LogP contribution in [-0.2, 0) is 9.53 Å². The molecule has 0 saturated heterocycles. The lowest BCUT2D eigenvalue weighted by Crippen LogP contribution is -2.55. The highest BCUT2D eigenvalue weighted by Crippen LogP contribution is 2.51. The highest BCUT2D eigenvalue weighted by atomic mass is 16.5. The van der Waals surface area contributed by atoms with Crippen LogP contribution in [0.25, 0.3) is 0 Å². The molecule has 0 aliphatic rings. The van der Waals surface area contributed by atoms with Gasteiger partial charge in [0.1, 0.15) is 6.10 Å². The number of carbonyl (C=O) groups excluding carboxylic acids is 1. The smallest absolute Gasteiger partial charge is 0.302 e. The molecule has 0 fully saturated rings. The summed E-state index contributed by atoms with van der Waals surface area (Å²) in [5.41, 5.74) is -0.922. The molecule has 0 aromatic rings. The number of hydrogen-bond donors (Lipinski definition) is 1. The Kier molecular flexibility index (Phi) is 6.34. The summed E-state index contributed by atoms with van der Waals surface area (Å²) in [7, 11) is 0. The van der Waals surface area contributed by atoms with Crippen molar-refractivity contribution in [2.75, 3.05) is 0 Å². The van der Waals surface area contributed by atoms with E-state index < -0.39 is 11.5 Å². The first-order valence-electron chi connectivity index (χ1n) is 8.28. The Morgan fingerprint density at radius 1 is 0.909 bits per heavy atom. The minimum atomic E-state index is -0.470. The Bertz CT molecular complexity index is 380. The second-order valence-corrected chi connectivity index (χ2v) is 10.1. The van der Waals surface area contributed by atoms with E-state index in [2.05, 4.69) is 69.2 Å². The van der Waals surface area contributed by atoms with Gasteiger partial charge in [0.15, 0.2) is 0 Å². The zero-order valence-corrected chi connectivity index (χ0v) is 16.6. The fraction of sp³-hybridized carbons (Fsp3) is 0.947. The molecule has 132 valence electrons. The van der Waals surface area contributed by atoms with E-state index in [0.717, 1.165) is 0 Å². The molecule has 3 heteroatoms. The molecule has 0 aliphatic carbocycles. The molecular formula is C19H38O3. The van der Waals surface area contributed by atoms with Crippen molar-refractivity contribution in [1.29, 1.82) is 0 Å². The molecule has 1 N–H and O–H groups in total. The zero-order valence-electron chi connectivity index (χ0n) is 16.6. The van der Waals surface area contributed by atoms with E-state index >= 15 is 0 Å². The molecule has 0 radical (unpaired) electrons. The Labute approximate surface area is 137 Å². The van der Waals surface area contributed by atoms with Gasteiger partial charge < -0.3 is 9.84 Å². The lowest BCUT2D eigenvalue weighted by atomic mass is 9.56. The maximum absolute atomic E-state index is 11.6. The zero-order chi connectivity index (χ0) is 18.1. The van der Waals surface area contributed by atoms with Gasteiger partial charge in [-0.25, -0.2) is 0 Å². The van der Waals surface area contributed by atoms with Gasteiger partial charge in [-0.2, -0.15) is 0 Å². The summed E-state index contributed by atoms with van der Waals surface area (Å²) >= 11 is 0. The third-order valence-corrected chi connectivity index (χ3v) is 5.03. The molecule has 0 heterocycles. The van der Waals surface area contributed by atoms with E-state index in [-0.39, 0.29) is 28.3 Å². The van der Waals surface area contributed by atoms with Crippen LogP contribution in [0.2, 0.25) is 0 Å². The lowest BCUT2D eigenvalue weighted by Gasteiger charge is -2.53. The normalized spacial score (nSPS) is 17.1. The Balaban J connectivity index is 5.66. The first kappa shape index (κ1) is 21.4. The van der Waals surface area contributed by atoms with Crippen molar-refractivity contribution in [2.45, 2.75) is 94.8 Å². The quantitative estimate of drug-likeness (QED) is 0.740. The van der Waals surface area contributed by atoms with Gasteiger partial charge in [-0.1, -0.05) is 69.2 Å². The van der Waals surface area contributed by atoms with Crippen molar-refractivity contribution < 1.29 is 14.6 Å². The summed E-state index contributed by atoms with van der Waals surface area (Å²) < 4.78 is 5.70. The molecule has 0 aliphatic heterocycles.